The van der Waals surface area contributed by atoms with Crippen LogP contribution in [0.3, 0.4) is 0 Å². The number of nitro benzene ring substituents is 2. The molecule has 1 amide bonds. The van der Waals surface area contributed by atoms with Gasteiger partial charge in [-0.1, -0.05) is 0 Å². The zero-order valence-electron chi connectivity index (χ0n) is 18.1. The second-order valence-corrected chi connectivity index (χ2v) is 6.80. The summed E-state index contributed by atoms with van der Waals surface area (Å²) in [5, 5.41) is 25.8. The Labute approximate surface area is 192 Å². The summed E-state index contributed by atoms with van der Waals surface area (Å²) in [6, 6.07) is 10.8. The van der Waals surface area contributed by atoms with Crippen molar-refractivity contribution in [3.8, 4) is 11.4 Å². The van der Waals surface area contributed by atoms with Gasteiger partial charge in [-0.05, 0) is 31.2 Å². The number of benzene rings is 2. The van der Waals surface area contributed by atoms with Crippen LogP contribution >= 0.6 is 0 Å². The average molecular weight is 469 g/mol. The summed E-state index contributed by atoms with van der Waals surface area (Å²) < 4.78 is 11.8. The smallest absolute Gasteiger partial charge is 0.362 e. The molecule has 0 atom stereocenters. The Morgan fingerprint density at radius 1 is 1.00 bits per heavy atom. The summed E-state index contributed by atoms with van der Waals surface area (Å²) in [4.78, 5) is 46.7. The van der Waals surface area contributed by atoms with Gasteiger partial charge in [-0.3, -0.25) is 25.0 Å². The standard InChI is InChI=1S/C21H19N5O8/c1-3-33-21(28)20-18(12-24(22-20)15-6-10-17(11-7-15)26(31)32)34-13-19(27)23(2)14-4-8-16(9-5-14)25(29)30/h4-12H,3,13H2,1-2H3. The summed E-state index contributed by atoms with van der Waals surface area (Å²) in [5.74, 6) is -1.29. The van der Waals surface area contributed by atoms with E-state index in [1.54, 1.807) is 6.92 Å². The fraction of sp³-hybridized carbons (Fsp3) is 0.190. The van der Waals surface area contributed by atoms with Gasteiger partial charge in [0.2, 0.25) is 5.69 Å². The molecule has 0 saturated carbocycles. The number of nitro groups is 2. The highest BCUT2D eigenvalue weighted by atomic mass is 16.6. The molecule has 13 nitrogen and oxygen atoms in total. The van der Waals surface area contributed by atoms with Crippen molar-refractivity contribution in [2.75, 3.05) is 25.2 Å². The van der Waals surface area contributed by atoms with Gasteiger partial charge >= 0.3 is 5.97 Å². The molecule has 1 aromatic heterocycles. The van der Waals surface area contributed by atoms with Crippen molar-refractivity contribution < 1.29 is 28.9 Å². The Bertz CT molecular complexity index is 1220. The maximum atomic E-state index is 12.6. The lowest BCUT2D eigenvalue weighted by molar-refractivity contribution is -0.385. The second kappa shape index (κ2) is 10.2. The average Bonchev–Trinajstić information content (AvgIpc) is 3.26. The molecular formula is C21H19N5O8. The molecule has 0 spiro atoms. The number of ether oxygens (including phenoxy) is 2. The zero-order chi connectivity index (χ0) is 24.8. The number of rotatable bonds is 9. The van der Waals surface area contributed by atoms with Gasteiger partial charge in [0.25, 0.3) is 17.3 Å². The summed E-state index contributed by atoms with van der Waals surface area (Å²) in [5.41, 5.74) is 0.425. The molecule has 3 rings (SSSR count). The van der Waals surface area contributed by atoms with E-state index in [0.29, 0.717) is 11.4 Å². The maximum Gasteiger partial charge on any atom is 0.362 e. The Balaban J connectivity index is 1.79. The van der Waals surface area contributed by atoms with E-state index in [1.807, 2.05) is 0 Å². The number of hydrogen-bond donors (Lipinski definition) is 0. The molecule has 0 bridgehead atoms. The van der Waals surface area contributed by atoms with Crippen LogP contribution in [0, 0.1) is 20.2 Å². The molecule has 0 saturated heterocycles. The minimum atomic E-state index is -0.769. The van der Waals surface area contributed by atoms with Crippen molar-refractivity contribution >= 4 is 28.9 Å². The Morgan fingerprint density at radius 3 is 2.09 bits per heavy atom. The number of nitrogens with zero attached hydrogens (tertiary/aromatic N) is 5. The molecule has 176 valence electrons. The largest absolute Gasteiger partial charge is 0.479 e. The predicted molar refractivity (Wildman–Crippen MR) is 118 cm³/mol. The van der Waals surface area contributed by atoms with Crippen molar-refractivity contribution in [1.29, 1.82) is 0 Å². The van der Waals surface area contributed by atoms with E-state index in [-0.39, 0.29) is 29.4 Å². The molecule has 34 heavy (non-hydrogen) atoms. The first kappa shape index (κ1) is 23.8. The minimum Gasteiger partial charge on any atom is -0.479 e. The van der Waals surface area contributed by atoms with Crippen LogP contribution in [0.4, 0.5) is 17.1 Å². The van der Waals surface area contributed by atoms with Gasteiger partial charge in [-0.2, -0.15) is 5.10 Å². The van der Waals surface area contributed by atoms with Crippen LogP contribution in [0.1, 0.15) is 17.4 Å². The molecule has 2 aromatic carbocycles. The predicted octanol–water partition coefficient (Wildman–Crippen LogP) is 2.91. The van der Waals surface area contributed by atoms with Gasteiger partial charge in [-0.15, -0.1) is 0 Å². The number of esters is 1. The van der Waals surface area contributed by atoms with Gasteiger partial charge < -0.3 is 14.4 Å². The third kappa shape index (κ3) is 5.32. The van der Waals surface area contributed by atoms with E-state index in [4.69, 9.17) is 9.47 Å². The van der Waals surface area contributed by atoms with Gasteiger partial charge in [0.15, 0.2) is 12.4 Å². The first-order chi connectivity index (χ1) is 16.2. The Hall–Kier alpha value is -4.81. The Morgan fingerprint density at radius 2 is 1.56 bits per heavy atom. The molecule has 0 aliphatic rings. The molecule has 0 radical (unpaired) electrons. The SMILES string of the molecule is CCOC(=O)c1nn(-c2ccc([N+](=O)[O-])cc2)cc1OCC(=O)N(C)c1ccc([N+](=O)[O-])cc1. The van der Waals surface area contributed by atoms with E-state index in [0.717, 1.165) is 0 Å². The number of likely N-dealkylation sites (N-methyl/N-ethyl adjacent to an activating group) is 1. The normalized spacial score (nSPS) is 10.4. The van der Waals surface area contributed by atoms with E-state index < -0.39 is 28.3 Å². The van der Waals surface area contributed by atoms with E-state index in [9.17, 15) is 29.8 Å². The zero-order valence-corrected chi connectivity index (χ0v) is 18.1. The van der Waals surface area contributed by atoms with Crippen molar-refractivity contribution in [3.63, 3.8) is 0 Å². The highest BCUT2D eigenvalue weighted by Gasteiger charge is 2.22. The molecule has 13 heteroatoms. The monoisotopic (exact) mass is 469 g/mol. The fourth-order valence-electron chi connectivity index (χ4n) is 2.84. The quantitative estimate of drug-likeness (QED) is 0.261. The Kier molecular flexibility index (Phi) is 7.16. The fourth-order valence-corrected chi connectivity index (χ4v) is 2.84. The lowest BCUT2D eigenvalue weighted by Gasteiger charge is -2.17. The molecule has 0 aliphatic heterocycles. The lowest BCUT2D eigenvalue weighted by atomic mass is 10.2. The first-order valence-electron chi connectivity index (χ1n) is 9.86. The molecular weight excluding hydrogens is 450 g/mol. The molecule has 1 heterocycles. The van der Waals surface area contributed by atoms with E-state index >= 15 is 0 Å². The first-order valence-corrected chi connectivity index (χ1v) is 9.86. The lowest BCUT2D eigenvalue weighted by Crippen LogP contribution is -2.31. The number of non-ortho nitro benzene ring substituents is 2. The van der Waals surface area contributed by atoms with Crippen LogP contribution in [0.25, 0.3) is 5.69 Å². The summed E-state index contributed by atoms with van der Waals surface area (Å²) in [6.45, 7) is 1.24. The molecule has 3 aromatic rings. The molecule has 0 fully saturated rings. The van der Waals surface area contributed by atoms with Crippen LogP contribution in [-0.4, -0.2) is 51.8 Å². The molecule has 0 unspecified atom stereocenters. The van der Waals surface area contributed by atoms with Gasteiger partial charge in [0, 0.05) is 37.0 Å². The van der Waals surface area contributed by atoms with Gasteiger partial charge in [0.05, 0.1) is 28.3 Å². The summed E-state index contributed by atoms with van der Waals surface area (Å²) in [6.07, 6.45) is 1.35. The van der Waals surface area contributed by atoms with Crippen LogP contribution in [0.5, 0.6) is 5.75 Å². The number of anilines is 1. The number of aromatic nitrogens is 2. The third-order valence-corrected chi connectivity index (χ3v) is 4.65. The molecule has 0 aliphatic carbocycles. The van der Waals surface area contributed by atoms with Crippen LogP contribution in [0.2, 0.25) is 0 Å². The highest BCUT2D eigenvalue weighted by molar-refractivity contribution is 5.94. The molecule has 0 N–H and O–H groups in total. The third-order valence-electron chi connectivity index (χ3n) is 4.65. The topological polar surface area (TPSA) is 160 Å². The van der Waals surface area contributed by atoms with E-state index in [2.05, 4.69) is 5.10 Å². The maximum absolute atomic E-state index is 12.6. The van der Waals surface area contributed by atoms with Gasteiger partial charge in [0.1, 0.15) is 0 Å². The van der Waals surface area contributed by atoms with E-state index in [1.165, 1.54) is 71.4 Å². The van der Waals surface area contributed by atoms with Gasteiger partial charge in [-0.25, -0.2) is 9.48 Å². The van der Waals surface area contributed by atoms with Crippen molar-refractivity contribution in [2.45, 2.75) is 6.92 Å². The minimum absolute atomic E-state index is 0.0257. The summed E-state index contributed by atoms with van der Waals surface area (Å²) >= 11 is 0. The van der Waals surface area contributed by atoms with Crippen molar-refractivity contribution in [2.24, 2.45) is 0 Å². The van der Waals surface area contributed by atoms with Crippen LogP contribution in [-0.2, 0) is 9.53 Å². The number of carbonyl (C=O) groups is 2. The number of amides is 1. The van der Waals surface area contributed by atoms with Crippen LogP contribution < -0.4 is 9.64 Å². The van der Waals surface area contributed by atoms with Crippen molar-refractivity contribution in [1.82, 2.24) is 9.78 Å². The second-order valence-electron chi connectivity index (χ2n) is 6.80. The van der Waals surface area contributed by atoms with Crippen LogP contribution in [0.15, 0.2) is 54.7 Å². The number of carbonyl (C=O) groups excluding carboxylic acids is 2. The number of hydrogen-bond acceptors (Lipinski definition) is 9. The highest BCUT2D eigenvalue weighted by Crippen LogP contribution is 2.23. The van der Waals surface area contributed by atoms with Crippen molar-refractivity contribution in [3.05, 3.63) is 80.7 Å². The summed E-state index contributed by atoms with van der Waals surface area (Å²) in [7, 11) is 1.47.